The summed E-state index contributed by atoms with van der Waals surface area (Å²) >= 11 is 0. The van der Waals surface area contributed by atoms with Gasteiger partial charge in [-0.1, -0.05) is 122 Å². The van der Waals surface area contributed by atoms with E-state index in [1.54, 1.807) is 14.2 Å². The molecule has 1 N–H and O–H groups in total. The molecule has 3 atom stereocenters. The molecule has 0 saturated carbocycles. The molecule has 1 unspecified atom stereocenters. The molecule has 268 valence electrons. The monoisotopic (exact) mass is 668 g/mol. The van der Waals surface area contributed by atoms with E-state index >= 15 is 0 Å². The van der Waals surface area contributed by atoms with E-state index in [2.05, 4.69) is 138 Å². The van der Waals surface area contributed by atoms with Gasteiger partial charge in [0.25, 0.3) is 0 Å². The van der Waals surface area contributed by atoms with Crippen LogP contribution in [-0.2, 0) is 26.5 Å². The summed E-state index contributed by atoms with van der Waals surface area (Å²) in [6.45, 7) is 33.8. The molecule has 1 amide bonds. The Kier molecular flexibility index (Phi) is 10.3. The fourth-order valence-corrected chi connectivity index (χ4v) is 7.33. The predicted molar refractivity (Wildman–Crippen MR) is 207 cm³/mol. The first-order valence-electron chi connectivity index (χ1n) is 17.9. The first kappa shape index (κ1) is 38.5. The smallest absolute Gasteiger partial charge is 0.243 e. The molecule has 1 saturated heterocycles. The van der Waals surface area contributed by atoms with Gasteiger partial charge >= 0.3 is 0 Å². The molecule has 1 aliphatic heterocycles. The topological polar surface area (TPSA) is 50.6 Å². The number of ether oxygens (including phenoxy) is 2. The number of nitrogens with one attached hydrogen (secondary N) is 1. The average Bonchev–Trinajstić information content (AvgIpc) is 3.71. The number of hydrogen-bond acceptors (Lipinski definition) is 4. The van der Waals surface area contributed by atoms with Crippen LogP contribution in [0.5, 0.6) is 11.5 Å². The predicted octanol–water partition coefficient (Wildman–Crippen LogP) is 10.7. The van der Waals surface area contributed by atoms with E-state index in [0.29, 0.717) is 0 Å². The summed E-state index contributed by atoms with van der Waals surface area (Å²) in [5, 5.41) is 3.25. The summed E-state index contributed by atoms with van der Waals surface area (Å²) in [6, 6.07) is 18.7. The van der Waals surface area contributed by atoms with Crippen LogP contribution in [0.4, 0.5) is 5.69 Å². The Balaban J connectivity index is 2.12. The maximum absolute atomic E-state index is 14.3. The van der Waals surface area contributed by atoms with E-state index in [4.69, 9.17) is 9.47 Å². The van der Waals surface area contributed by atoms with Crippen LogP contribution < -0.4 is 14.8 Å². The van der Waals surface area contributed by atoms with Gasteiger partial charge in [-0.15, -0.1) is 0 Å². The quantitative estimate of drug-likeness (QED) is 0.255. The van der Waals surface area contributed by atoms with Crippen LogP contribution in [0, 0.1) is 5.41 Å². The Hall–Kier alpha value is -3.31. The van der Waals surface area contributed by atoms with Crippen molar-refractivity contribution >= 4 is 11.6 Å². The number of nitrogens with zero attached hydrogens (tertiary/aromatic N) is 1. The van der Waals surface area contributed by atoms with Gasteiger partial charge < -0.3 is 14.8 Å². The Labute approximate surface area is 298 Å². The van der Waals surface area contributed by atoms with Gasteiger partial charge in [-0.3, -0.25) is 9.69 Å². The number of anilines is 1. The SMILES string of the molecule is COc1c(C(C)(C)C)cc(C(c2cc(C(C)(C)C)c(OC)c(C(C)(C)C)c2)N2[C@@H](C(=O)Nc3ccccc3)[C@@H]2C(C)(C)C)cc1C(C)(C)C. The van der Waals surface area contributed by atoms with E-state index in [-0.39, 0.29) is 51.1 Å². The van der Waals surface area contributed by atoms with Gasteiger partial charge in [0.15, 0.2) is 0 Å². The molecule has 0 spiro atoms. The van der Waals surface area contributed by atoms with Crippen LogP contribution in [0.2, 0.25) is 0 Å². The fourth-order valence-electron chi connectivity index (χ4n) is 7.33. The van der Waals surface area contributed by atoms with Gasteiger partial charge in [0, 0.05) is 34.0 Å². The average molecular weight is 669 g/mol. The first-order chi connectivity index (χ1) is 22.3. The van der Waals surface area contributed by atoms with Crippen molar-refractivity contribution in [1.82, 2.24) is 4.90 Å². The highest BCUT2D eigenvalue weighted by Crippen LogP contribution is 2.54. The molecule has 4 rings (SSSR count). The molecule has 1 fully saturated rings. The van der Waals surface area contributed by atoms with Crippen LogP contribution >= 0.6 is 0 Å². The van der Waals surface area contributed by atoms with Gasteiger partial charge in [0.05, 0.1) is 20.3 Å². The molecule has 3 aromatic carbocycles. The third-order valence-corrected chi connectivity index (χ3v) is 9.84. The second-order valence-electron chi connectivity index (χ2n) is 19.3. The number of hydrogen-bond donors (Lipinski definition) is 1. The van der Waals surface area contributed by atoms with Gasteiger partial charge in [-0.25, -0.2) is 0 Å². The zero-order chi connectivity index (χ0) is 37.1. The van der Waals surface area contributed by atoms with Gasteiger partial charge in [-0.05, 0) is 74.6 Å². The van der Waals surface area contributed by atoms with Crippen molar-refractivity contribution in [1.29, 1.82) is 0 Å². The molecule has 0 radical (unpaired) electrons. The summed E-state index contributed by atoms with van der Waals surface area (Å²) in [6.07, 6.45) is 0. The first-order valence-corrected chi connectivity index (χ1v) is 17.9. The molecule has 0 aliphatic carbocycles. The number of carbonyl (C=O) groups excluding carboxylic acids is 1. The lowest BCUT2D eigenvalue weighted by Gasteiger charge is -2.34. The molecule has 5 heteroatoms. The Morgan fingerprint density at radius 1 is 0.612 bits per heavy atom. The molecular weight excluding hydrogens is 604 g/mol. The molecule has 49 heavy (non-hydrogen) atoms. The zero-order valence-electron chi connectivity index (χ0n) is 33.6. The Bertz CT molecular complexity index is 1500. The van der Waals surface area contributed by atoms with Gasteiger partial charge in [-0.2, -0.15) is 0 Å². The maximum Gasteiger partial charge on any atom is 0.243 e. The van der Waals surface area contributed by atoms with E-state index in [1.165, 1.54) is 33.4 Å². The third-order valence-electron chi connectivity index (χ3n) is 9.84. The molecule has 1 heterocycles. The van der Waals surface area contributed by atoms with Crippen LogP contribution in [0.25, 0.3) is 0 Å². The van der Waals surface area contributed by atoms with Crippen molar-refractivity contribution in [2.24, 2.45) is 5.41 Å². The molecular formula is C44H64N2O3. The van der Waals surface area contributed by atoms with Crippen LogP contribution in [-0.4, -0.2) is 37.1 Å². The number of amides is 1. The van der Waals surface area contributed by atoms with E-state index in [0.717, 1.165) is 17.2 Å². The lowest BCUT2D eigenvalue weighted by atomic mass is 9.75. The Morgan fingerprint density at radius 2 is 0.959 bits per heavy atom. The summed E-state index contributed by atoms with van der Waals surface area (Å²) in [5.74, 6) is 1.91. The number of methoxy groups -OCH3 is 2. The molecule has 5 nitrogen and oxygen atoms in total. The van der Waals surface area contributed by atoms with Crippen molar-refractivity contribution in [2.45, 2.75) is 144 Å². The lowest BCUT2D eigenvalue weighted by Crippen LogP contribution is -2.27. The zero-order valence-corrected chi connectivity index (χ0v) is 33.6. The summed E-state index contributed by atoms with van der Waals surface area (Å²) in [7, 11) is 3.57. The van der Waals surface area contributed by atoms with Crippen LogP contribution in [0.3, 0.4) is 0 Å². The minimum Gasteiger partial charge on any atom is -0.496 e. The normalized spacial score (nSPS) is 18.8. The van der Waals surface area contributed by atoms with E-state index < -0.39 is 0 Å². The highest BCUT2D eigenvalue weighted by atomic mass is 16.5. The van der Waals surface area contributed by atoms with Crippen molar-refractivity contribution in [3.63, 3.8) is 0 Å². The summed E-state index contributed by atoms with van der Waals surface area (Å²) in [4.78, 5) is 16.8. The van der Waals surface area contributed by atoms with E-state index in [9.17, 15) is 4.79 Å². The number of rotatable bonds is 7. The summed E-state index contributed by atoms with van der Waals surface area (Å²) in [5.41, 5.74) is 6.97. The molecule has 0 aromatic heterocycles. The summed E-state index contributed by atoms with van der Waals surface area (Å²) < 4.78 is 12.4. The number of benzene rings is 3. The van der Waals surface area contributed by atoms with E-state index in [1.807, 2.05) is 30.3 Å². The third kappa shape index (κ3) is 8.03. The second kappa shape index (κ2) is 13.1. The van der Waals surface area contributed by atoms with Crippen LogP contribution in [0.15, 0.2) is 54.6 Å². The molecule has 0 bridgehead atoms. The van der Waals surface area contributed by atoms with Crippen molar-refractivity contribution in [2.75, 3.05) is 19.5 Å². The molecule has 3 aromatic rings. The van der Waals surface area contributed by atoms with Crippen molar-refractivity contribution < 1.29 is 14.3 Å². The van der Waals surface area contributed by atoms with Crippen LogP contribution in [0.1, 0.15) is 143 Å². The van der Waals surface area contributed by atoms with Crippen molar-refractivity contribution in [3.05, 3.63) is 88.0 Å². The Morgan fingerprint density at radius 3 is 1.24 bits per heavy atom. The maximum atomic E-state index is 14.3. The highest BCUT2D eigenvalue weighted by molar-refractivity contribution is 5.97. The largest absolute Gasteiger partial charge is 0.496 e. The molecule has 1 aliphatic rings. The highest BCUT2D eigenvalue weighted by Gasteiger charge is 2.61. The van der Waals surface area contributed by atoms with Crippen molar-refractivity contribution in [3.8, 4) is 11.5 Å². The minimum absolute atomic E-state index is 0.0118. The van der Waals surface area contributed by atoms with Gasteiger partial charge in [0.1, 0.15) is 17.5 Å². The standard InChI is InChI=1S/C44H64N2O3/c1-40(2,3)30-23-27(24-31(36(30)48-16)41(4,5)6)34(28-25-32(42(7,8)9)37(49-17)33(26-28)43(10,11)12)46-35(38(46)44(13,14)15)39(47)45-29-21-19-18-20-22-29/h18-26,34-35,38H,1-17H3,(H,45,47)/t35-,38-,46?/m1/s1. The fraction of sp³-hybridized carbons (Fsp3) is 0.568. The second-order valence-corrected chi connectivity index (χ2v) is 19.3. The van der Waals surface area contributed by atoms with Gasteiger partial charge in [0.2, 0.25) is 5.91 Å². The minimum atomic E-state index is -0.318. The number of carbonyl (C=O) groups is 1. The lowest BCUT2D eigenvalue weighted by molar-refractivity contribution is -0.116. The number of para-hydroxylation sites is 1.